The van der Waals surface area contributed by atoms with Gasteiger partial charge in [0, 0.05) is 17.1 Å². The maximum atomic E-state index is 13.0. The number of amides is 1. The van der Waals surface area contributed by atoms with Crippen molar-refractivity contribution < 1.29 is 4.79 Å². The van der Waals surface area contributed by atoms with Gasteiger partial charge in [0.25, 0.3) is 5.91 Å². The van der Waals surface area contributed by atoms with Crippen LogP contribution in [-0.2, 0) is 0 Å². The van der Waals surface area contributed by atoms with E-state index in [9.17, 15) is 4.79 Å². The summed E-state index contributed by atoms with van der Waals surface area (Å²) in [6.45, 7) is 0. The normalized spacial score (nSPS) is 10.7. The van der Waals surface area contributed by atoms with E-state index in [4.69, 9.17) is 11.6 Å². The molecular formula is C21H14ClN3O. The fraction of sp³-hybridized carbons (Fsp3) is 0. The Morgan fingerprint density at radius 3 is 2.50 bits per heavy atom. The highest BCUT2D eigenvalue weighted by Gasteiger charge is 2.17. The number of nitrogens with one attached hydrogen (secondary N) is 1. The van der Waals surface area contributed by atoms with Gasteiger partial charge in [-0.05, 0) is 30.3 Å². The highest BCUT2D eigenvalue weighted by Crippen LogP contribution is 2.27. The summed E-state index contributed by atoms with van der Waals surface area (Å²) in [5.41, 5.74) is 3.06. The molecule has 0 bridgehead atoms. The zero-order chi connectivity index (χ0) is 17.9. The Kier molecular flexibility index (Phi) is 4.33. The first-order valence-electron chi connectivity index (χ1n) is 8.09. The molecule has 0 aliphatic rings. The standard InChI is InChI=1S/C21H14ClN3O/c22-17-10-4-5-11-18(17)24-21(26)16-13-15-9-6-12-23-20(15)25-19(16)14-7-2-1-3-8-14/h1-13H,(H,24,26). The van der Waals surface area contributed by atoms with Crippen molar-refractivity contribution in [1.82, 2.24) is 9.97 Å². The molecule has 4 nitrogen and oxygen atoms in total. The van der Waals surface area contributed by atoms with E-state index in [0.717, 1.165) is 10.9 Å². The monoisotopic (exact) mass is 359 g/mol. The van der Waals surface area contributed by atoms with Crippen LogP contribution in [0.3, 0.4) is 0 Å². The smallest absolute Gasteiger partial charge is 0.257 e. The van der Waals surface area contributed by atoms with Crippen LogP contribution >= 0.6 is 11.6 Å². The van der Waals surface area contributed by atoms with E-state index in [1.807, 2.05) is 60.7 Å². The highest BCUT2D eigenvalue weighted by atomic mass is 35.5. The molecule has 2 aromatic heterocycles. The Morgan fingerprint density at radius 1 is 0.923 bits per heavy atom. The zero-order valence-corrected chi connectivity index (χ0v) is 14.4. The first kappa shape index (κ1) is 16.2. The predicted molar refractivity (Wildman–Crippen MR) is 104 cm³/mol. The lowest BCUT2D eigenvalue weighted by molar-refractivity contribution is 0.102. The molecule has 4 rings (SSSR count). The molecule has 26 heavy (non-hydrogen) atoms. The number of rotatable bonds is 3. The number of benzene rings is 2. The summed E-state index contributed by atoms with van der Waals surface area (Å²) in [5.74, 6) is -0.268. The topological polar surface area (TPSA) is 54.9 Å². The van der Waals surface area contributed by atoms with E-state index in [0.29, 0.717) is 27.6 Å². The van der Waals surface area contributed by atoms with Gasteiger partial charge < -0.3 is 5.32 Å². The van der Waals surface area contributed by atoms with Crippen molar-refractivity contribution >= 4 is 34.2 Å². The molecule has 0 aliphatic carbocycles. The molecular weight excluding hydrogens is 346 g/mol. The van der Waals surface area contributed by atoms with Gasteiger partial charge in [-0.2, -0.15) is 0 Å². The fourth-order valence-electron chi connectivity index (χ4n) is 2.75. The molecule has 0 atom stereocenters. The summed E-state index contributed by atoms with van der Waals surface area (Å²) in [6.07, 6.45) is 1.69. The Hall–Kier alpha value is -3.24. The van der Waals surface area contributed by atoms with Gasteiger partial charge in [-0.15, -0.1) is 0 Å². The lowest BCUT2D eigenvalue weighted by Gasteiger charge is -2.12. The fourth-order valence-corrected chi connectivity index (χ4v) is 2.93. The van der Waals surface area contributed by atoms with Gasteiger partial charge in [-0.1, -0.05) is 54.1 Å². The van der Waals surface area contributed by atoms with Crippen LogP contribution in [0.2, 0.25) is 5.02 Å². The number of pyridine rings is 2. The summed E-state index contributed by atoms with van der Waals surface area (Å²) >= 11 is 6.17. The second-order valence-corrected chi connectivity index (χ2v) is 6.14. The number of hydrogen-bond donors (Lipinski definition) is 1. The lowest BCUT2D eigenvalue weighted by atomic mass is 10.0. The predicted octanol–water partition coefficient (Wildman–Crippen LogP) is 5.20. The Balaban J connectivity index is 1.84. The first-order chi connectivity index (χ1) is 12.7. The van der Waals surface area contributed by atoms with E-state index in [1.54, 1.807) is 18.3 Å². The first-order valence-corrected chi connectivity index (χ1v) is 8.47. The molecule has 2 aromatic carbocycles. The van der Waals surface area contributed by atoms with Gasteiger partial charge in [0.15, 0.2) is 5.65 Å². The summed E-state index contributed by atoms with van der Waals surface area (Å²) in [5, 5.41) is 4.16. The maximum Gasteiger partial charge on any atom is 0.257 e. The van der Waals surface area contributed by atoms with Crippen LogP contribution in [0.1, 0.15) is 10.4 Å². The van der Waals surface area contributed by atoms with Gasteiger partial charge in [0.2, 0.25) is 0 Å². The summed E-state index contributed by atoms with van der Waals surface area (Å²) in [6, 6.07) is 22.2. The van der Waals surface area contributed by atoms with Crippen LogP contribution in [0.4, 0.5) is 5.69 Å². The molecule has 5 heteroatoms. The minimum absolute atomic E-state index is 0.268. The maximum absolute atomic E-state index is 13.0. The van der Waals surface area contributed by atoms with Crippen LogP contribution < -0.4 is 5.32 Å². The number of halogens is 1. The summed E-state index contributed by atoms with van der Waals surface area (Å²) in [4.78, 5) is 21.9. The van der Waals surface area contributed by atoms with Crippen molar-refractivity contribution in [3.05, 3.63) is 89.6 Å². The van der Waals surface area contributed by atoms with Crippen molar-refractivity contribution in [3.63, 3.8) is 0 Å². The number of anilines is 1. The number of carbonyl (C=O) groups is 1. The molecule has 1 amide bonds. The van der Waals surface area contributed by atoms with Crippen molar-refractivity contribution in [2.45, 2.75) is 0 Å². The van der Waals surface area contributed by atoms with E-state index >= 15 is 0 Å². The highest BCUT2D eigenvalue weighted by molar-refractivity contribution is 6.34. The summed E-state index contributed by atoms with van der Waals surface area (Å²) < 4.78 is 0. The van der Waals surface area contributed by atoms with Crippen LogP contribution in [0.25, 0.3) is 22.3 Å². The van der Waals surface area contributed by atoms with E-state index in [2.05, 4.69) is 15.3 Å². The van der Waals surface area contributed by atoms with Crippen LogP contribution in [-0.4, -0.2) is 15.9 Å². The van der Waals surface area contributed by atoms with Crippen LogP contribution in [0.5, 0.6) is 0 Å². The second kappa shape index (κ2) is 6.94. The van der Waals surface area contributed by atoms with Gasteiger partial charge in [-0.25, -0.2) is 9.97 Å². The third-order valence-corrected chi connectivity index (χ3v) is 4.33. The minimum Gasteiger partial charge on any atom is -0.321 e. The number of carbonyl (C=O) groups excluding carboxylic acids is 1. The third kappa shape index (κ3) is 3.15. The van der Waals surface area contributed by atoms with E-state index in [1.165, 1.54) is 0 Å². The van der Waals surface area contributed by atoms with Crippen LogP contribution in [0.15, 0.2) is 79.0 Å². The number of aromatic nitrogens is 2. The van der Waals surface area contributed by atoms with Crippen molar-refractivity contribution in [3.8, 4) is 11.3 Å². The molecule has 0 fully saturated rings. The lowest BCUT2D eigenvalue weighted by Crippen LogP contribution is -2.14. The molecule has 2 heterocycles. The van der Waals surface area contributed by atoms with Crippen molar-refractivity contribution in [1.29, 1.82) is 0 Å². The quantitative estimate of drug-likeness (QED) is 0.546. The largest absolute Gasteiger partial charge is 0.321 e. The molecule has 0 saturated carbocycles. The molecule has 4 aromatic rings. The molecule has 0 aliphatic heterocycles. The number of nitrogens with zero attached hydrogens (tertiary/aromatic N) is 2. The molecule has 0 unspecified atom stereocenters. The molecule has 126 valence electrons. The van der Waals surface area contributed by atoms with Gasteiger partial charge in [0.05, 0.1) is 22.0 Å². The van der Waals surface area contributed by atoms with Crippen LogP contribution in [0, 0.1) is 0 Å². The average molecular weight is 360 g/mol. The third-order valence-electron chi connectivity index (χ3n) is 4.00. The zero-order valence-electron chi connectivity index (χ0n) is 13.7. The molecule has 1 N–H and O–H groups in total. The van der Waals surface area contributed by atoms with Gasteiger partial charge in [0.1, 0.15) is 0 Å². The Morgan fingerprint density at radius 2 is 1.69 bits per heavy atom. The Bertz CT molecular complexity index is 1100. The van der Waals surface area contributed by atoms with E-state index < -0.39 is 0 Å². The van der Waals surface area contributed by atoms with Gasteiger partial charge >= 0.3 is 0 Å². The molecule has 0 spiro atoms. The number of fused-ring (bicyclic) bond motifs is 1. The van der Waals surface area contributed by atoms with Crippen molar-refractivity contribution in [2.24, 2.45) is 0 Å². The minimum atomic E-state index is -0.268. The number of para-hydroxylation sites is 1. The van der Waals surface area contributed by atoms with E-state index in [-0.39, 0.29) is 5.91 Å². The molecule has 0 saturated heterocycles. The Labute approximate surface area is 155 Å². The number of hydrogen-bond acceptors (Lipinski definition) is 3. The molecule has 0 radical (unpaired) electrons. The average Bonchev–Trinajstić information content (AvgIpc) is 2.69. The summed E-state index contributed by atoms with van der Waals surface area (Å²) in [7, 11) is 0. The second-order valence-electron chi connectivity index (χ2n) is 5.73. The van der Waals surface area contributed by atoms with Gasteiger partial charge in [-0.3, -0.25) is 4.79 Å². The SMILES string of the molecule is O=C(Nc1ccccc1Cl)c1cc2cccnc2nc1-c1ccccc1. The van der Waals surface area contributed by atoms with Crippen molar-refractivity contribution in [2.75, 3.05) is 5.32 Å².